The van der Waals surface area contributed by atoms with Crippen molar-refractivity contribution < 1.29 is 14.3 Å². The Morgan fingerprint density at radius 2 is 2.40 bits per heavy atom. The highest BCUT2D eigenvalue weighted by molar-refractivity contribution is 9.10. The predicted octanol–water partition coefficient (Wildman–Crippen LogP) is 1.47. The molecule has 0 amide bonds. The normalized spacial score (nSPS) is 17.5. The highest BCUT2D eigenvalue weighted by Gasteiger charge is 2.25. The Kier molecular flexibility index (Phi) is 2.70. The van der Waals surface area contributed by atoms with Crippen molar-refractivity contribution in [3.05, 3.63) is 16.3 Å². The standard InChI is InChI=1S/C9H11BrN2O3/c1-12-3-5(4-12)11-8-6(10)2-7(15-8)9(13)14/h2,5,11H,3-4H2,1H3,(H,13,14). The summed E-state index contributed by atoms with van der Waals surface area (Å²) in [5.41, 5.74) is 0. The van der Waals surface area contributed by atoms with Crippen LogP contribution in [0, 0.1) is 0 Å². The molecule has 0 aromatic carbocycles. The number of halogens is 1. The van der Waals surface area contributed by atoms with Gasteiger partial charge in [0.15, 0.2) is 0 Å². The third kappa shape index (κ3) is 2.15. The van der Waals surface area contributed by atoms with Crippen molar-refractivity contribution in [2.24, 2.45) is 0 Å². The molecule has 0 atom stereocenters. The van der Waals surface area contributed by atoms with Gasteiger partial charge in [-0.25, -0.2) is 4.79 Å². The number of hydrogen-bond donors (Lipinski definition) is 2. The summed E-state index contributed by atoms with van der Waals surface area (Å²) in [6.45, 7) is 1.88. The summed E-state index contributed by atoms with van der Waals surface area (Å²) in [6, 6.07) is 1.78. The Labute approximate surface area is 95.2 Å². The van der Waals surface area contributed by atoms with E-state index in [1.54, 1.807) is 0 Å². The van der Waals surface area contributed by atoms with E-state index in [1.807, 2.05) is 7.05 Å². The molecule has 1 fully saturated rings. The molecule has 1 aliphatic rings. The number of carbonyl (C=O) groups is 1. The lowest BCUT2D eigenvalue weighted by Crippen LogP contribution is -2.52. The van der Waals surface area contributed by atoms with Gasteiger partial charge in [0.25, 0.3) is 0 Å². The first-order valence-electron chi connectivity index (χ1n) is 4.54. The molecule has 1 aromatic heterocycles. The zero-order valence-electron chi connectivity index (χ0n) is 8.16. The van der Waals surface area contributed by atoms with Gasteiger partial charge in [-0.2, -0.15) is 0 Å². The highest BCUT2D eigenvalue weighted by Crippen LogP contribution is 2.28. The van der Waals surface area contributed by atoms with Crippen molar-refractivity contribution in [1.82, 2.24) is 4.90 Å². The van der Waals surface area contributed by atoms with E-state index in [1.165, 1.54) is 6.07 Å². The maximum absolute atomic E-state index is 10.6. The molecule has 2 rings (SSSR count). The van der Waals surface area contributed by atoms with Gasteiger partial charge in [0, 0.05) is 19.2 Å². The molecule has 0 aliphatic carbocycles. The van der Waals surface area contributed by atoms with Gasteiger partial charge in [0.2, 0.25) is 11.6 Å². The Morgan fingerprint density at radius 1 is 1.73 bits per heavy atom. The minimum absolute atomic E-state index is 0.0583. The maximum Gasteiger partial charge on any atom is 0.371 e. The van der Waals surface area contributed by atoms with Crippen LogP contribution in [0.2, 0.25) is 0 Å². The average Bonchev–Trinajstić information content (AvgIpc) is 2.45. The molecule has 2 N–H and O–H groups in total. The van der Waals surface area contributed by atoms with E-state index in [4.69, 9.17) is 9.52 Å². The van der Waals surface area contributed by atoms with Gasteiger partial charge < -0.3 is 19.7 Å². The number of carboxylic acids is 1. The lowest BCUT2D eigenvalue weighted by molar-refractivity contribution is 0.0663. The first-order chi connectivity index (χ1) is 7.06. The van der Waals surface area contributed by atoms with Crippen LogP contribution in [-0.4, -0.2) is 42.2 Å². The second-order valence-corrected chi connectivity index (χ2v) is 4.51. The molecular weight excluding hydrogens is 264 g/mol. The molecule has 1 aromatic rings. The monoisotopic (exact) mass is 274 g/mol. The summed E-state index contributed by atoms with van der Waals surface area (Å²) >= 11 is 3.25. The van der Waals surface area contributed by atoms with Crippen LogP contribution in [0.5, 0.6) is 0 Å². The van der Waals surface area contributed by atoms with Gasteiger partial charge in [0.1, 0.15) is 0 Å². The number of likely N-dealkylation sites (tertiary alicyclic amines) is 1. The van der Waals surface area contributed by atoms with E-state index >= 15 is 0 Å². The summed E-state index contributed by atoms with van der Waals surface area (Å²) in [7, 11) is 2.03. The van der Waals surface area contributed by atoms with Crippen LogP contribution in [0.1, 0.15) is 10.6 Å². The van der Waals surface area contributed by atoms with Gasteiger partial charge in [-0.1, -0.05) is 0 Å². The molecule has 5 nitrogen and oxygen atoms in total. The van der Waals surface area contributed by atoms with E-state index in [0.717, 1.165) is 13.1 Å². The Morgan fingerprint density at radius 3 is 2.87 bits per heavy atom. The van der Waals surface area contributed by atoms with Gasteiger partial charge in [0.05, 0.1) is 10.5 Å². The molecule has 0 unspecified atom stereocenters. The maximum atomic E-state index is 10.6. The van der Waals surface area contributed by atoms with Crippen LogP contribution in [-0.2, 0) is 0 Å². The summed E-state index contributed by atoms with van der Waals surface area (Å²) in [5, 5.41) is 11.9. The first kappa shape index (κ1) is 10.5. The third-order valence-electron chi connectivity index (χ3n) is 2.30. The van der Waals surface area contributed by atoms with Gasteiger partial charge >= 0.3 is 5.97 Å². The first-order valence-corrected chi connectivity index (χ1v) is 5.33. The topological polar surface area (TPSA) is 65.7 Å². The minimum Gasteiger partial charge on any atom is -0.475 e. The number of hydrogen-bond acceptors (Lipinski definition) is 4. The lowest BCUT2D eigenvalue weighted by Gasteiger charge is -2.36. The van der Waals surface area contributed by atoms with Crippen LogP contribution in [0.4, 0.5) is 5.88 Å². The van der Waals surface area contributed by atoms with Crippen molar-refractivity contribution in [1.29, 1.82) is 0 Å². The Bertz CT molecular complexity index is 385. The van der Waals surface area contributed by atoms with Gasteiger partial charge in [-0.3, -0.25) is 0 Å². The molecule has 82 valence electrons. The van der Waals surface area contributed by atoms with Crippen molar-refractivity contribution in [3.63, 3.8) is 0 Å². The molecule has 6 heteroatoms. The van der Waals surface area contributed by atoms with Crippen LogP contribution < -0.4 is 5.32 Å². The van der Waals surface area contributed by atoms with Crippen molar-refractivity contribution in [3.8, 4) is 0 Å². The molecular formula is C9H11BrN2O3. The summed E-state index contributed by atoms with van der Waals surface area (Å²) < 4.78 is 5.79. The largest absolute Gasteiger partial charge is 0.475 e. The van der Waals surface area contributed by atoms with Crippen molar-refractivity contribution >= 4 is 27.8 Å². The molecule has 0 spiro atoms. The fourth-order valence-corrected chi connectivity index (χ4v) is 1.95. The van der Waals surface area contributed by atoms with E-state index in [-0.39, 0.29) is 5.76 Å². The molecule has 1 saturated heterocycles. The second-order valence-electron chi connectivity index (χ2n) is 3.66. The van der Waals surface area contributed by atoms with Gasteiger partial charge in [-0.15, -0.1) is 0 Å². The fourth-order valence-electron chi connectivity index (χ4n) is 1.55. The zero-order valence-corrected chi connectivity index (χ0v) is 9.74. The fraction of sp³-hybridized carbons (Fsp3) is 0.444. The number of nitrogens with one attached hydrogen (secondary N) is 1. The summed E-state index contributed by atoms with van der Waals surface area (Å²) in [4.78, 5) is 12.8. The molecule has 1 aliphatic heterocycles. The molecule has 2 heterocycles. The molecule has 0 bridgehead atoms. The number of furan rings is 1. The lowest BCUT2D eigenvalue weighted by atomic mass is 10.1. The van der Waals surface area contributed by atoms with E-state index in [9.17, 15) is 4.79 Å². The summed E-state index contributed by atoms with van der Waals surface area (Å²) in [6.07, 6.45) is 0. The smallest absolute Gasteiger partial charge is 0.371 e. The van der Waals surface area contributed by atoms with E-state index in [0.29, 0.717) is 16.4 Å². The second kappa shape index (κ2) is 3.86. The number of aromatic carboxylic acids is 1. The zero-order chi connectivity index (χ0) is 11.0. The highest BCUT2D eigenvalue weighted by atomic mass is 79.9. The number of anilines is 1. The number of rotatable bonds is 3. The van der Waals surface area contributed by atoms with Crippen LogP contribution >= 0.6 is 15.9 Å². The van der Waals surface area contributed by atoms with Crippen molar-refractivity contribution in [2.75, 3.05) is 25.5 Å². The number of nitrogens with zero attached hydrogens (tertiary/aromatic N) is 1. The number of likely N-dealkylation sites (N-methyl/N-ethyl adjacent to an activating group) is 1. The van der Waals surface area contributed by atoms with E-state index < -0.39 is 5.97 Å². The average molecular weight is 275 g/mol. The summed E-state index contributed by atoms with van der Waals surface area (Å²) in [5.74, 6) is -0.628. The van der Waals surface area contributed by atoms with Crippen molar-refractivity contribution in [2.45, 2.75) is 6.04 Å². The quantitative estimate of drug-likeness (QED) is 0.874. The van der Waals surface area contributed by atoms with Crippen LogP contribution in [0.25, 0.3) is 0 Å². The predicted molar refractivity (Wildman–Crippen MR) is 58.3 cm³/mol. The van der Waals surface area contributed by atoms with E-state index in [2.05, 4.69) is 26.1 Å². The molecule has 0 radical (unpaired) electrons. The van der Waals surface area contributed by atoms with Crippen LogP contribution in [0.15, 0.2) is 15.0 Å². The number of carboxylic acid groups (broad SMARTS) is 1. The Hall–Kier alpha value is -1.01. The third-order valence-corrected chi connectivity index (χ3v) is 2.89. The SMILES string of the molecule is CN1CC(Nc2oc(C(=O)O)cc2Br)C1. The molecule has 0 saturated carbocycles. The minimum atomic E-state index is -1.06. The Balaban J connectivity index is 2.05. The molecule has 15 heavy (non-hydrogen) atoms. The van der Waals surface area contributed by atoms with Gasteiger partial charge in [-0.05, 0) is 23.0 Å². The van der Waals surface area contributed by atoms with Crippen LogP contribution in [0.3, 0.4) is 0 Å².